The average molecular weight is 263 g/mol. The highest BCUT2D eigenvalue weighted by Crippen LogP contribution is 2.29. The van der Waals surface area contributed by atoms with E-state index >= 15 is 0 Å². The Morgan fingerprint density at radius 1 is 1.47 bits per heavy atom. The number of aryl methyl sites for hydroxylation is 1. The predicted octanol–water partition coefficient (Wildman–Crippen LogP) is 1.56. The third-order valence-electron chi connectivity index (χ3n) is 3.95. The van der Waals surface area contributed by atoms with Gasteiger partial charge in [0.15, 0.2) is 0 Å². The van der Waals surface area contributed by atoms with Crippen LogP contribution in [0.3, 0.4) is 0 Å². The predicted molar refractivity (Wildman–Crippen MR) is 73.2 cm³/mol. The van der Waals surface area contributed by atoms with Crippen LogP contribution >= 0.6 is 0 Å². The largest absolute Gasteiger partial charge is 0.497 e. The number of benzene rings is 1. The van der Waals surface area contributed by atoms with Crippen LogP contribution in [0, 0.1) is 5.41 Å². The second-order valence-electron chi connectivity index (χ2n) is 5.31. The van der Waals surface area contributed by atoms with Crippen LogP contribution in [0.5, 0.6) is 5.75 Å². The van der Waals surface area contributed by atoms with Crippen molar-refractivity contribution in [2.24, 2.45) is 11.1 Å². The topological polar surface area (TPSA) is 61.5 Å². The zero-order valence-corrected chi connectivity index (χ0v) is 11.5. The average Bonchev–Trinajstić information content (AvgIpc) is 2.78. The molecule has 4 nitrogen and oxygen atoms in total. The van der Waals surface area contributed by atoms with Crippen molar-refractivity contribution in [2.75, 3.05) is 20.3 Å². The minimum absolute atomic E-state index is 0.184. The minimum atomic E-state index is -0.521. The molecule has 0 spiro atoms. The fraction of sp³-hybridized carbons (Fsp3) is 0.533. The van der Waals surface area contributed by atoms with Crippen LogP contribution in [-0.4, -0.2) is 32.1 Å². The molecule has 104 valence electrons. The van der Waals surface area contributed by atoms with Crippen molar-refractivity contribution in [2.45, 2.75) is 25.8 Å². The highest BCUT2D eigenvalue weighted by atomic mass is 16.5. The summed E-state index contributed by atoms with van der Waals surface area (Å²) in [6, 6.07) is 7.60. The van der Waals surface area contributed by atoms with Gasteiger partial charge in [-0.15, -0.1) is 0 Å². The van der Waals surface area contributed by atoms with Crippen molar-refractivity contribution in [3.05, 3.63) is 29.8 Å². The van der Waals surface area contributed by atoms with Gasteiger partial charge in [-0.2, -0.15) is 0 Å². The van der Waals surface area contributed by atoms with E-state index in [1.807, 2.05) is 31.2 Å². The van der Waals surface area contributed by atoms with Crippen LogP contribution in [0.4, 0.5) is 0 Å². The molecule has 1 aromatic carbocycles. The SMILES string of the molecule is COc1ccc(CCC(=O)C2(C)COCC2N)cc1. The number of Topliss-reactive ketones (excluding diaryl/α,β-unsaturated/α-hetero) is 1. The van der Waals surface area contributed by atoms with E-state index in [0.29, 0.717) is 19.6 Å². The molecule has 2 rings (SSSR count). The normalized spacial score (nSPS) is 26.4. The Kier molecular flexibility index (Phi) is 4.22. The fourth-order valence-corrected chi connectivity index (χ4v) is 2.31. The number of nitrogens with two attached hydrogens (primary N) is 1. The number of methoxy groups -OCH3 is 1. The summed E-state index contributed by atoms with van der Waals surface area (Å²) < 4.78 is 10.4. The van der Waals surface area contributed by atoms with Crippen molar-refractivity contribution in [3.8, 4) is 5.75 Å². The van der Waals surface area contributed by atoms with E-state index in [9.17, 15) is 4.79 Å². The van der Waals surface area contributed by atoms with Crippen LogP contribution in [0.15, 0.2) is 24.3 Å². The second-order valence-corrected chi connectivity index (χ2v) is 5.31. The number of carbonyl (C=O) groups excluding carboxylic acids is 1. The molecule has 0 amide bonds. The molecule has 2 unspecified atom stereocenters. The van der Waals surface area contributed by atoms with Crippen molar-refractivity contribution in [1.29, 1.82) is 0 Å². The molecule has 1 aliphatic rings. The molecule has 4 heteroatoms. The maximum atomic E-state index is 12.3. The van der Waals surface area contributed by atoms with Crippen molar-refractivity contribution in [1.82, 2.24) is 0 Å². The molecule has 0 saturated carbocycles. The van der Waals surface area contributed by atoms with Crippen LogP contribution in [0.2, 0.25) is 0 Å². The summed E-state index contributed by atoms with van der Waals surface area (Å²) in [5.74, 6) is 1.02. The first-order valence-corrected chi connectivity index (χ1v) is 6.56. The number of ketones is 1. The lowest BCUT2D eigenvalue weighted by atomic mass is 9.79. The Bertz CT molecular complexity index is 443. The molecule has 1 saturated heterocycles. The highest BCUT2D eigenvalue weighted by molar-refractivity contribution is 5.86. The van der Waals surface area contributed by atoms with Gasteiger partial charge >= 0.3 is 0 Å². The van der Waals surface area contributed by atoms with Gasteiger partial charge in [0.25, 0.3) is 0 Å². The number of hydrogen-bond acceptors (Lipinski definition) is 4. The second kappa shape index (κ2) is 5.72. The lowest BCUT2D eigenvalue weighted by Gasteiger charge is -2.25. The number of hydrogen-bond donors (Lipinski definition) is 1. The van der Waals surface area contributed by atoms with E-state index in [1.165, 1.54) is 0 Å². The molecular formula is C15H21NO3. The summed E-state index contributed by atoms with van der Waals surface area (Å²) in [4.78, 5) is 12.3. The van der Waals surface area contributed by atoms with Gasteiger partial charge in [-0.3, -0.25) is 4.79 Å². The molecule has 2 N–H and O–H groups in total. The van der Waals surface area contributed by atoms with Gasteiger partial charge < -0.3 is 15.2 Å². The summed E-state index contributed by atoms with van der Waals surface area (Å²) in [7, 11) is 1.64. The molecule has 1 aliphatic heterocycles. The Hall–Kier alpha value is -1.39. The summed E-state index contributed by atoms with van der Waals surface area (Å²) in [6.45, 7) is 2.82. The fourth-order valence-electron chi connectivity index (χ4n) is 2.31. The quantitative estimate of drug-likeness (QED) is 0.875. The van der Waals surface area contributed by atoms with Crippen LogP contribution < -0.4 is 10.5 Å². The monoisotopic (exact) mass is 263 g/mol. The Balaban J connectivity index is 1.92. The van der Waals surface area contributed by atoms with E-state index in [0.717, 1.165) is 17.7 Å². The summed E-state index contributed by atoms with van der Waals surface area (Å²) >= 11 is 0. The van der Waals surface area contributed by atoms with Crippen LogP contribution in [0.25, 0.3) is 0 Å². The Labute approximate surface area is 113 Å². The Morgan fingerprint density at radius 2 is 2.16 bits per heavy atom. The summed E-state index contributed by atoms with van der Waals surface area (Å²) in [6.07, 6.45) is 1.23. The van der Waals surface area contributed by atoms with E-state index in [2.05, 4.69) is 0 Å². The Morgan fingerprint density at radius 3 is 2.68 bits per heavy atom. The lowest BCUT2D eigenvalue weighted by Crippen LogP contribution is -2.44. The first-order chi connectivity index (χ1) is 9.06. The van der Waals surface area contributed by atoms with E-state index in [1.54, 1.807) is 7.11 Å². The van der Waals surface area contributed by atoms with Crippen molar-refractivity contribution >= 4 is 5.78 Å². The summed E-state index contributed by atoms with van der Waals surface area (Å²) in [5.41, 5.74) is 6.57. The van der Waals surface area contributed by atoms with Crippen molar-refractivity contribution < 1.29 is 14.3 Å². The molecule has 0 aromatic heterocycles. The van der Waals surface area contributed by atoms with Gasteiger partial charge in [0.1, 0.15) is 11.5 Å². The van der Waals surface area contributed by atoms with E-state index in [-0.39, 0.29) is 11.8 Å². The maximum Gasteiger partial charge on any atom is 0.143 e. The maximum absolute atomic E-state index is 12.3. The smallest absolute Gasteiger partial charge is 0.143 e. The highest BCUT2D eigenvalue weighted by Gasteiger charge is 2.43. The first kappa shape index (κ1) is 14.0. The zero-order valence-electron chi connectivity index (χ0n) is 11.5. The molecule has 1 aromatic rings. The van der Waals surface area contributed by atoms with Gasteiger partial charge in [0, 0.05) is 12.5 Å². The van der Waals surface area contributed by atoms with Gasteiger partial charge in [-0.25, -0.2) is 0 Å². The zero-order chi connectivity index (χ0) is 13.9. The number of ether oxygens (including phenoxy) is 2. The van der Waals surface area contributed by atoms with Gasteiger partial charge in [0.2, 0.25) is 0 Å². The number of carbonyl (C=O) groups is 1. The van der Waals surface area contributed by atoms with E-state index in [4.69, 9.17) is 15.2 Å². The number of rotatable bonds is 5. The van der Waals surface area contributed by atoms with Crippen LogP contribution in [0.1, 0.15) is 18.9 Å². The molecule has 19 heavy (non-hydrogen) atoms. The molecule has 2 atom stereocenters. The van der Waals surface area contributed by atoms with Crippen molar-refractivity contribution in [3.63, 3.8) is 0 Å². The van der Waals surface area contributed by atoms with Gasteiger partial charge in [-0.1, -0.05) is 12.1 Å². The molecule has 0 aliphatic carbocycles. The first-order valence-electron chi connectivity index (χ1n) is 6.56. The third kappa shape index (κ3) is 2.96. The van der Waals surface area contributed by atoms with Gasteiger partial charge in [0.05, 0.1) is 25.7 Å². The van der Waals surface area contributed by atoms with Crippen LogP contribution in [-0.2, 0) is 16.0 Å². The summed E-state index contributed by atoms with van der Waals surface area (Å²) in [5, 5.41) is 0. The third-order valence-corrected chi connectivity index (χ3v) is 3.95. The standard InChI is InChI=1S/C15H21NO3/c1-15(10-19-9-13(15)16)14(17)8-5-11-3-6-12(18-2)7-4-11/h3-4,6-7,13H,5,8-10,16H2,1-2H3. The van der Waals surface area contributed by atoms with Gasteiger partial charge in [-0.05, 0) is 31.0 Å². The molecular weight excluding hydrogens is 242 g/mol. The molecule has 0 radical (unpaired) electrons. The minimum Gasteiger partial charge on any atom is -0.497 e. The molecule has 1 fully saturated rings. The molecule has 0 bridgehead atoms. The lowest BCUT2D eigenvalue weighted by molar-refractivity contribution is -0.128. The van der Waals surface area contributed by atoms with E-state index < -0.39 is 5.41 Å². The molecule has 1 heterocycles.